The van der Waals surface area contributed by atoms with E-state index in [4.69, 9.17) is 3.25 Å². The van der Waals surface area contributed by atoms with E-state index in [0.29, 0.717) is 0 Å². The van der Waals surface area contributed by atoms with Gasteiger partial charge in [-0.3, -0.25) is 0 Å². The normalized spacial score (nSPS) is 1.50. The zero-order valence-corrected chi connectivity index (χ0v) is 5.53. The molecule has 0 saturated heterocycles. The summed E-state index contributed by atoms with van der Waals surface area (Å²) in [6.07, 6.45) is 0. The SMILES string of the molecule is [CsH].[O]=[Ag].[W]. The van der Waals surface area contributed by atoms with Crippen molar-refractivity contribution in [1.82, 2.24) is 0 Å². The molecule has 0 spiro atoms. The molecule has 0 fully saturated rings. The Kier molecular flexibility index (Phi) is 63.8. The maximum Gasteiger partial charge on any atom is 0 e. The first-order chi connectivity index (χ1) is 1.00. The third kappa shape index (κ3) is 8.99. The Bertz CT molecular complexity index is 8.00. The van der Waals surface area contributed by atoms with Crippen molar-refractivity contribution in [3.63, 3.8) is 0 Å². The summed E-state index contributed by atoms with van der Waals surface area (Å²) in [6.45, 7) is 0. The van der Waals surface area contributed by atoms with E-state index in [1.54, 1.807) is 21.0 Å². The molecule has 25 valence electrons. The standard InChI is InChI=1S/Ag.Cs.O.W.H. The van der Waals surface area contributed by atoms with Crippen molar-refractivity contribution in [2.45, 2.75) is 0 Å². The maximum atomic E-state index is 8.06. The van der Waals surface area contributed by atoms with Crippen LogP contribution in [0.15, 0.2) is 0 Å². The average molecular weight is 442 g/mol. The molecule has 0 rings (SSSR count). The minimum atomic E-state index is 0. The van der Waals surface area contributed by atoms with Crippen molar-refractivity contribution >= 4 is 68.9 Å². The molecule has 0 atom stereocenters. The fourth-order valence-electron chi connectivity index (χ4n) is 0. The van der Waals surface area contributed by atoms with Gasteiger partial charge in [0.1, 0.15) is 0 Å². The van der Waals surface area contributed by atoms with Gasteiger partial charge in [-0.15, -0.1) is 0 Å². The molecule has 0 unspecified atom stereocenters. The van der Waals surface area contributed by atoms with E-state index >= 15 is 0 Å². The molecule has 0 saturated carbocycles. The van der Waals surface area contributed by atoms with Gasteiger partial charge in [-0.05, 0) is 0 Å². The van der Waals surface area contributed by atoms with Crippen LogP contribution in [0.25, 0.3) is 0 Å². The molecule has 0 N–H and O–H groups in total. The maximum absolute atomic E-state index is 8.06. The molecule has 0 heterocycles. The van der Waals surface area contributed by atoms with Gasteiger partial charge < -0.3 is 0 Å². The summed E-state index contributed by atoms with van der Waals surface area (Å²) >= 11 is 1.70. The Labute approximate surface area is 111 Å². The quantitative estimate of drug-likeness (QED) is 0.451. The predicted octanol–water partition coefficient (Wildman–Crippen LogP) is -0.772. The zero-order chi connectivity index (χ0) is 2.00. The molecule has 0 aliphatic carbocycles. The molecular formula is HAgCsOW. The molecule has 0 aromatic heterocycles. The van der Waals surface area contributed by atoms with Crippen LogP contribution in [0.2, 0.25) is 0 Å². The molecule has 0 amide bonds. The Morgan fingerprint density at radius 3 is 1.25 bits per heavy atom. The van der Waals surface area contributed by atoms with Crippen LogP contribution >= 0.6 is 0 Å². The van der Waals surface area contributed by atoms with Crippen molar-refractivity contribution < 1.29 is 45.4 Å². The van der Waals surface area contributed by atoms with Gasteiger partial charge in [0.05, 0.1) is 0 Å². The Morgan fingerprint density at radius 2 is 1.25 bits per heavy atom. The first kappa shape index (κ1) is 15.7. The largest absolute Gasteiger partial charge is 0 e. The molecule has 0 aliphatic rings. The van der Waals surface area contributed by atoms with Crippen molar-refractivity contribution in [2.75, 3.05) is 0 Å². The summed E-state index contributed by atoms with van der Waals surface area (Å²) in [7, 11) is 0. The van der Waals surface area contributed by atoms with E-state index in [2.05, 4.69) is 0 Å². The Hall–Kier alpha value is 3.28. The van der Waals surface area contributed by atoms with Crippen molar-refractivity contribution in [3.05, 3.63) is 0 Å². The van der Waals surface area contributed by atoms with Crippen LogP contribution in [0.1, 0.15) is 0 Å². The molecule has 0 aromatic carbocycles. The third-order valence-corrected chi connectivity index (χ3v) is 0. The number of rotatable bonds is 0. The topological polar surface area (TPSA) is 17.1 Å². The van der Waals surface area contributed by atoms with Crippen LogP contribution in [0.5, 0.6) is 0 Å². The van der Waals surface area contributed by atoms with Crippen LogP contribution in [0, 0.1) is 0 Å². The first-order valence-electron chi connectivity index (χ1n) is 0.123. The van der Waals surface area contributed by atoms with Gasteiger partial charge in [0.25, 0.3) is 0 Å². The predicted molar refractivity (Wildman–Crippen MR) is 7.84 cm³/mol. The van der Waals surface area contributed by atoms with Gasteiger partial charge in [-0.25, -0.2) is 0 Å². The monoisotopic (exact) mass is 441 g/mol. The second-order valence-electron chi connectivity index (χ2n) is 0. The van der Waals surface area contributed by atoms with E-state index in [-0.39, 0.29) is 90.0 Å². The molecule has 1 nitrogen and oxygen atoms in total. The number of hydrogen-bond acceptors (Lipinski definition) is 1. The van der Waals surface area contributed by atoms with E-state index in [1.165, 1.54) is 0 Å². The van der Waals surface area contributed by atoms with Gasteiger partial charge in [0.15, 0.2) is 0 Å². The minimum Gasteiger partial charge on any atom is 0 e. The molecule has 0 bridgehead atoms. The fourth-order valence-corrected chi connectivity index (χ4v) is 0. The summed E-state index contributed by atoms with van der Waals surface area (Å²) in [5, 5.41) is 0. The third-order valence-electron chi connectivity index (χ3n) is 0. The van der Waals surface area contributed by atoms with Crippen LogP contribution in [0.3, 0.4) is 0 Å². The Balaban J connectivity index is -0.00000000500. The molecule has 0 aliphatic heterocycles. The van der Waals surface area contributed by atoms with Gasteiger partial charge in [-0.1, -0.05) is 0 Å². The van der Waals surface area contributed by atoms with E-state index < -0.39 is 0 Å². The summed E-state index contributed by atoms with van der Waals surface area (Å²) < 4.78 is 8.06. The van der Waals surface area contributed by atoms with Crippen molar-refractivity contribution in [2.24, 2.45) is 0 Å². The van der Waals surface area contributed by atoms with E-state index in [9.17, 15) is 0 Å². The summed E-state index contributed by atoms with van der Waals surface area (Å²) in [6, 6.07) is 0. The van der Waals surface area contributed by atoms with E-state index in [0.717, 1.165) is 0 Å². The molecule has 0 aromatic rings. The first-order valence-corrected chi connectivity index (χ1v) is 0.728. The molecule has 4 heteroatoms. The average Bonchev–Trinajstić information content (AvgIpc) is 1.00. The van der Waals surface area contributed by atoms with Crippen LogP contribution < -0.4 is 0 Å². The molecule has 4 heavy (non-hydrogen) atoms. The van der Waals surface area contributed by atoms with Crippen molar-refractivity contribution in [1.29, 1.82) is 0 Å². The van der Waals surface area contributed by atoms with Gasteiger partial charge in [0.2, 0.25) is 0 Å². The fraction of sp³-hybridized carbons (Fsp3) is 0. The second kappa shape index (κ2) is 16.3. The van der Waals surface area contributed by atoms with Crippen LogP contribution in [-0.4, -0.2) is 68.9 Å². The summed E-state index contributed by atoms with van der Waals surface area (Å²) in [5.41, 5.74) is 0. The van der Waals surface area contributed by atoms with E-state index in [1.807, 2.05) is 0 Å². The summed E-state index contributed by atoms with van der Waals surface area (Å²) in [4.78, 5) is 0. The second-order valence-corrected chi connectivity index (χ2v) is 0. The van der Waals surface area contributed by atoms with Crippen LogP contribution in [0.4, 0.5) is 0 Å². The zero-order valence-electron chi connectivity index (χ0n) is 1.12. The molecular weight excluding hydrogens is 441 g/mol. The van der Waals surface area contributed by atoms with Gasteiger partial charge >= 0.3 is 93.2 Å². The van der Waals surface area contributed by atoms with Crippen molar-refractivity contribution in [3.8, 4) is 0 Å². The van der Waals surface area contributed by atoms with Gasteiger partial charge in [0, 0.05) is 21.1 Å². The summed E-state index contributed by atoms with van der Waals surface area (Å²) in [5.74, 6) is 0. The van der Waals surface area contributed by atoms with Crippen LogP contribution in [-0.2, 0) is 45.4 Å². The number of hydrogen-bond donors (Lipinski definition) is 0. The Morgan fingerprint density at radius 1 is 1.25 bits per heavy atom. The van der Waals surface area contributed by atoms with Gasteiger partial charge in [-0.2, -0.15) is 0 Å². The minimum absolute atomic E-state index is 0. The smallest absolute Gasteiger partial charge is 0 e. The molecule has 0 radical (unpaired) electrons.